The Morgan fingerprint density at radius 2 is 2.50 bits per heavy atom. The average Bonchev–Trinajstić information content (AvgIpc) is 2.14. The summed E-state index contributed by atoms with van der Waals surface area (Å²) in [6.07, 6.45) is 0. The van der Waals surface area contributed by atoms with E-state index in [1.807, 2.05) is 7.11 Å². The molecule has 1 rings (SSSR count). The van der Waals surface area contributed by atoms with Crippen LogP contribution in [0, 0.1) is 0 Å². The third-order valence-electron chi connectivity index (χ3n) is 1.31. The van der Waals surface area contributed by atoms with E-state index in [4.69, 9.17) is 4.65 Å². The molecule has 1 heterocycles. The van der Waals surface area contributed by atoms with Gasteiger partial charge in [-0.15, -0.1) is 0 Å². The zero-order valence-electron chi connectivity index (χ0n) is 5.31. The maximum atomic E-state index is 5.00. The summed E-state index contributed by atoms with van der Waals surface area (Å²) in [5.41, 5.74) is 0. The summed E-state index contributed by atoms with van der Waals surface area (Å²) < 4.78 is 7.84. The van der Waals surface area contributed by atoms with Gasteiger partial charge in [0.15, 0.2) is 0 Å². The third kappa shape index (κ3) is 1.02. The fourth-order valence-corrected chi connectivity index (χ4v) is 0.835. The van der Waals surface area contributed by atoms with E-state index in [9.17, 15) is 0 Å². The van der Waals surface area contributed by atoms with Crippen LogP contribution < -0.4 is 5.23 Å². The molecule has 46 valence electrons. The highest BCUT2D eigenvalue weighted by Gasteiger charge is 2.39. The van der Waals surface area contributed by atoms with E-state index in [2.05, 4.69) is 9.51 Å². The van der Waals surface area contributed by atoms with Gasteiger partial charge in [0.2, 0.25) is 0 Å². The van der Waals surface area contributed by atoms with Gasteiger partial charge in [-0.1, -0.05) is 0 Å². The number of hydrogen-bond donors (Lipinski definition) is 1. The van der Waals surface area contributed by atoms with E-state index in [0.717, 1.165) is 13.2 Å². The maximum absolute atomic E-state index is 5.00. The molecule has 0 aromatic heterocycles. The van der Waals surface area contributed by atoms with Crippen molar-refractivity contribution in [2.45, 2.75) is 0 Å². The van der Waals surface area contributed by atoms with Crippen molar-refractivity contribution in [2.24, 2.45) is 0 Å². The molecule has 0 spiro atoms. The van der Waals surface area contributed by atoms with Crippen LogP contribution in [0.15, 0.2) is 0 Å². The minimum Gasteiger partial charge on any atom is -0.490 e. The Bertz CT molecular complexity index is 80.4. The molecule has 0 aromatic carbocycles. The molecule has 0 aromatic rings. The van der Waals surface area contributed by atoms with Crippen LogP contribution in [0.25, 0.3) is 0 Å². The maximum Gasteiger partial charge on any atom is 0.800 e. The van der Waals surface area contributed by atoms with Gasteiger partial charge in [-0.05, 0) is 0 Å². The monoisotopic (exact) mass is 116 g/mol. The Morgan fingerprint density at radius 3 is 2.75 bits per heavy atom. The van der Waals surface area contributed by atoms with Crippen LogP contribution in [0.2, 0.25) is 0 Å². The molecule has 1 saturated heterocycles. The third-order valence-corrected chi connectivity index (χ3v) is 1.31. The summed E-state index contributed by atoms with van der Waals surface area (Å²) >= 11 is 0. The van der Waals surface area contributed by atoms with Crippen LogP contribution in [-0.4, -0.2) is 34.6 Å². The Morgan fingerprint density at radius 1 is 1.75 bits per heavy atom. The van der Waals surface area contributed by atoms with Crippen molar-refractivity contribution in [1.29, 1.82) is 0 Å². The van der Waals surface area contributed by atoms with Crippen molar-refractivity contribution in [3.8, 4) is 0 Å². The Kier molecular flexibility index (Phi) is 1.88. The van der Waals surface area contributed by atoms with Crippen LogP contribution >= 0.6 is 0 Å². The first-order chi connectivity index (χ1) is 3.84. The van der Waals surface area contributed by atoms with Crippen molar-refractivity contribution in [1.82, 2.24) is 5.23 Å². The van der Waals surface area contributed by atoms with Gasteiger partial charge < -0.3 is 8.94 Å². The van der Waals surface area contributed by atoms with Gasteiger partial charge in [0.1, 0.15) is 13.7 Å². The van der Waals surface area contributed by atoms with Crippen LogP contribution in [-0.2, 0) is 8.94 Å². The SMILES string of the molecule is COB1NCC[O+]1C. The predicted molar refractivity (Wildman–Crippen MR) is 32.6 cm³/mol. The fourth-order valence-electron chi connectivity index (χ4n) is 0.835. The van der Waals surface area contributed by atoms with Crippen LogP contribution in [0.1, 0.15) is 0 Å². The van der Waals surface area contributed by atoms with Crippen molar-refractivity contribution in [2.75, 3.05) is 27.4 Å². The van der Waals surface area contributed by atoms with E-state index >= 15 is 0 Å². The van der Waals surface area contributed by atoms with Gasteiger partial charge in [-0.3, -0.25) is 0 Å². The summed E-state index contributed by atoms with van der Waals surface area (Å²) in [6, 6.07) is 0. The molecule has 0 aliphatic carbocycles. The van der Waals surface area contributed by atoms with E-state index in [-0.39, 0.29) is 7.25 Å². The lowest BCUT2D eigenvalue weighted by atomic mass is 10.1. The zero-order valence-corrected chi connectivity index (χ0v) is 5.31. The summed E-state index contributed by atoms with van der Waals surface area (Å²) in [6.45, 7) is 2.00. The Labute approximate surface area is 49.8 Å². The quantitative estimate of drug-likeness (QED) is 0.365. The number of nitrogens with one attached hydrogen (secondary N) is 1. The lowest BCUT2D eigenvalue weighted by molar-refractivity contribution is 0.0468. The smallest absolute Gasteiger partial charge is 0.490 e. The van der Waals surface area contributed by atoms with Crippen molar-refractivity contribution < 1.29 is 8.94 Å². The minimum absolute atomic E-state index is 0.0648. The topological polar surface area (TPSA) is 24.0 Å². The molecule has 3 nitrogen and oxygen atoms in total. The second kappa shape index (κ2) is 2.48. The first-order valence-electron chi connectivity index (χ1n) is 2.72. The first-order valence-corrected chi connectivity index (χ1v) is 2.72. The Hall–Kier alpha value is -0.0551. The standard InChI is InChI=1S/C4H11BNO2/c1-7-5-6-3-4-8(5)2/h6H,3-4H2,1-2H3/q+1. The normalized spacial score (nSPS) is 22.5. The first kappa shape index (κ1) is 6.07. The molecule has 0 radical (unpaired) electrons. The molecule has 1 aliphatic rings. The van der Waals surface area contributed by atoms with Gasteiger partial charge in [0, 0.05) is 7.11 Å². The van der Waals surface area contributed by atoms with Gasteiger partial charge in [0.25, 0.3) is 0 Å². The highest BCUT2D eigenvalue weighted by Crippen LogP contribution is 1.99. The molecule has 0 atom stereocenters. The van der Waals surface area contributed by atoms with Crippen LogP contribution in [0.3, 0.4) is 0 Å². The highest BCUT2D eigenvalue weighted by atomic mass is 16.7. The Balaban J connectivity index is 2.30. The minimum atomic E-state index is 0.0648. The second-order valence-corrected chi connectivity index (χ2v) is 1.92. The second-order valence-electron chi connectivity index (χ2n) is 1.92. The summed E-state index contributed by atoms with van der Waals surface area (Å²) in [4.78, 5) is 0. The molecule has 1 fully saturated rings. The molecule has 4 heteroatoms. The average molecular weight is 116 g/mol. The summed E-state index contributed by atoms with van der Waals surface area (Å²) in [5, 5.41) is 3.12. The van der Waals surface area contributed by atoms with E-state index in [0.29, 0.717) is 0 Å². The number of hydrogen-bond acceptors (Lipinski definition) is 2. The van der Waals surface area contributed by atoms with E-state index < -0.39 is 0 Å². The molecular formula is C4H11BNO2+. The van der Waals surface area contributed by atoms with Crippen LogP contribution in [0.5, 0.6) is 0 Å². The molecule has 1 N–H and O–H groups in total. The fraction of sp³-hybridized carbons (Fsp3) is 1.00. The summed E-state index contributed by atoms with van der Waals surface area (Å²) in [5.74, 6) is 0. The molecule has 0 saturated carbocycles. The lowest BCUT2D eigenvalue weighted by Crippen LogP contribution is -2.35. The van der Waals surface area contributed by atoms with Crippen LogP contribution in [0.4, 0.5) is 0 Å². The largest absolute Gasteiger partial charge is 0.800 e. The number of rotatable bonds is 1. The molecule has 8 heavy (non-hydrogen) atoms. The van der Waals surface area contributed by atoms with Gasteiger partial charge in [0.05, 0.1) is 6.54 Å². The van der Waals surface area contributed by atoms with Gasteiger partial charge in [-0.2, -0.15) is 0 Å². The van der Waals surface area contributed by atoms with E-state index in [1.165, 1.54) is 0 Å². The summed E-state index contributed by atoms with van der Waals surface area (Å²) in [7, 11) is 3.70. The predicted octanol–water partition coefficient (Wildman–Crippen LogP) is -0.597. The highest BCUT2D eigenvalue weighted by molar-refractivity contribution is 6.42. The van der Waals surface area contributed by atoms with Gasteiger partial charge >= 0.3 is 7.25 Å². The van der Waals surface area contributed by atoms with E-state index in [1.54, 1.807) is 7.11 Å². The molecule has 0 unspecified atom stereocenters. The van der Waals surface area contributed by atoms with Crippen molar-refractivity contribution >= 4 is 7.25 Å². The molecule has 0 bridgehead atoms. The lowest BCUT2D eigenvalue weighted by Gasteiger charge is -2.07. The molecule has 0 amide bonds. The van der Waals surface area contributed by atoms with Gasteiger partial charge in [-0.25, -0.2) is 5.23 Å². The molecular weight excluding hydrogens is 105 g/mol. The molecule has 1 aliphatic heterocycles. The van der Waals surface area contributed by atoms with Crippen molar-refractivity contribution in [3.05, 3.63) is 0 Å². The zero-order chi connectivity index (χ0) is 5.98. The van der Waals surface area contributed by atoms with Crippen molar-refractivity contribution in [3.63, 3.8) is 0 Å².